The number of carbonyl (C=O) groups excluding carboxylic acids is 3. The Morgan fingerprint density at radius 3 is 2.43 bits per heavy atom. The van der Waals surface area contributed by atoms with Crippen LogP contribution in [0, 0.1) is 0 Å². The first-order valence-corrected chi connectivity index (χ1v) is 10.3. The van der Waals surface area contributed by atoms with Crippen LogP contribution in [0.3, 0.4) is 0 Å². The zero-order valence-corrected chi connectivity index (χ0v) is 17.4. The van der Waals surface area contributed by atoms with Crippen molar-refractivity contribution in [3.8, 4) is 0 Å². The van der Waals surface area contributed by atoms with E-state index < -0.39 is 34.8 Å². The van der Waals surface area contributed by atoms with Crippen molar-refractivity contribution in [3.63, 3.8) is 0 Å². The first-order chi connectivity index (χ1) is 14.3. The lowest BCUT2D eigenvalue weighted by atomic mass is 9.68. The van der Waals surface area contributed by atoms with Crippen molar-refractivity contribution in [2.45, 2.75) is 55.3 Å². The summed E-state index contributed by atoms with van der Waals surface area (Å²) in [6, 6.07) is 3.35. The summed E-state index contributed by atoms with van der Waals surface area (Å²) < 4.78 is 0. The number of anilines is 1. The van der Waals surface area contributed by atoms with E-state index in [9.17, 15) is 14.4 Å². The highest BCUT2D eigenvalue weighted by atomic mass is 35.5. The Balaban J connectivity index is 2.04. The van der Waals surface area contributed by atoms with Crippen molar-refractivity contribution >= 4 is 35.0 Å². The number of likely N-dealkylation sites (N-methyl/N-ethyl adjacent to an activating group) is 1. The summed E-state index contributed by atoms with van der Waals surface area (Å²) >= 11 is 6.25. The van der Waals surface area contributed by atoms with Gasteiger partial charge < -0.3 is 9.80 Å². The normalized spacial score (nSPS) is 30.8. The maximum absolute atomic E-state index is 13.9. The highest BCUT2D eigenvalue weighted by molar-refractivity contribution is 6.31. The van der Waals surface area contributed by atoms with Gasteiger partial charge in [0.25, 0.3) is 17.7 Å². The van der Waals surface area contributed by atoms with Gasteiger partial charge in [0.05, 0.1) is 0 Å². The first-order valence-electron chi connectivity index (χ1n) is 9.93. The molecule has 0 radical (unpaired) electrons. The number of amides is 3. The molecule has 162 valence electrons. The number of nitrogens with zero attached hydrogens (tertiary/aromatic N) is 2. The standard InChI is InChI=1S/C19H26ClN7O3/c1-26-13-8-7-10(20)9-12(13)18(16(29)25-23)14(15(28)24-22)27(17(30)19(18,26)21)11-5-3-2-4-6-11/h7-9,11,14H,2-6,21-23H2,1H3,(H,24,28)(H,25,29). The van der Waals surface area contributed by atoms with E-state index in [0.717, 1.165) is 19.3 Å². The molecule has 4 rings (SSSR count). The molecule has 1 aliphatic carbocycles. The molecular formula is C19H26ClN7O3. The molecule has 0 spiro atoms. The van der Waals surface area contributed by atoms with E-state index in [0.29, 0.717) is 29.1 Å². The lowest BCUT2D eigenvalue weighted by Gasteiger charge is -2.39. The molecule has 3 atom stereocenters. The van der Waals surface area contributed by atoms with Crippen LogP contribution in [-0.4, -0.2) is 47.4 Å². The summed E-state index contributed by atoms with van der Waals surface area (Å²) in [5, 5.41) is 0.339. The number of hydrogen-bond donors (Lipinski definition) is 5. The largest absolute Gasteiger partial charge is 0.347 e. The Kier molecular flexibility index (Phi) is 4.93. The third-order valence-electron chi connectivity index (χ3n) is 6.97. The zero-order chi connectivity index (χ0) is 21.8. The zero-order valence-electron chi connectivity index (χ0n) is 16.7. The lowest BCUT2D eigenvalue weighted by molar-refractivity contribution is -0.141. The smallest absolute Gasteiger partial charge is 0.265 e. The highest BCUT2D eigenvalue weighted by Crippen LogP contribution is 2.58. The number of likely N-dealkylation sites (tertiary alicyclic amines) is 1. The minimum absolute atomic E-state index is 0.238. The molecule has 0 aromatic heterocycles. The summed E-state index contributed by atoms with van der Waals surface area (Å²) in [6.45, 7) is 0. The van der Waals surface area contributed by atoms with Crippen LogP contribution in [0.5, 0.6) is 0 Å². The quantitative estimate of drug-likeness (QED) is 0.236. The van der Waals surface area contributed by atoms with Gasteiger partial charge in [-0.15, -0.1) is 0 Å². The van der Waals surface area contributed by atoms with Crippen LogP contribution in [0.25, 0.3) is 0 Å². The lowest BCUT2D eigenvalue weighted by Crippen LogP contribution is -2.73. The molecule has 2 heterocycles. The highest BCUT2D eigenvalue weighted by Gasteiger charge is 2.79. The Morgan fingerprint density at radius 1 is 1.17 bits per heavy atom. The van der Waals surface area contributed by atoms with Gasteiger partial charge in [-0.05, 0) is 36.6 Å². The summed E-state index contributed by atoms with van der Waals surface area (Å²) in [4.78, 5) is 43.5. The van der Waals surface area contributed by atoms with E-state index in [1.54, 1.807) is 25.2 Å². The number of halogens is 1. The van der Waals surface area contributed by atoms with Gasteiger partial charge in [0.2, 0.25) is 0 Å². The number of benzene rings is 1. The first kappa shape index (κ1) is 20.9. The van der Waals surface area contributed by atoms with Crippen LogP contribution in [0.1, 0.15) is 37.7 Å². The second kappa shape index (κ2) is 7.09. The van der Waals surface area contributed by atoms with Gasteiger partial charge in [-0.2, -0.15) is 0 Å². The number of nitrogens with two attached hydrogens (primary N) is 3. The van der Waals surface area contributed by atoms with Crippen molar-refractivity contribution in [1.82, 2.24) is 15.8 Å². The molecule has 8 N–H and O–H groups in total. The van der Waals surface area contributed by atoms with Gasteiger partial charge in [0.15, 0.2) is 11.1 Å². The van der Waals surface area contributed by atoms with Crippen molar-refractivity contribution in [3.05, 3.63) is 28.8 Å². The topological polar surface area (TPSA) is 160 Å². The van der Waals surface area contributed by atoms with Gasteiger partial charge in [-0.25, -0.2) is 11.7 Å². The summed E-state index contributed by atoms with van der Waals surface area (Å²) in [5.74, 6) is 9.14. The fourth-order valence-corrected chi connectivity index (χ4v) is 5.81. The number of hydrazine groups is 2. The molecule has 30 heavy (non-hydrogen) atoms. The van der Waals surface area contributed by atoms with Crippen LogP contribution in [0.15, 0.2) is 18.2 Å². The fraction of sp³-hybridized carbons (Fsp3) is 0.526. The molecule has 2 aliphatic heterocycles. The average molecular weight is 436 g/mol. The molecule has 0 bridgehead atoms. The molecule has 3 amide bonds. The van der Waals surface area contributed by atoms with Crippen LogP contribution in [0.4, 0.5) is 5.69 Å². The van der Waals surface area contributed by atoms with E-state index >= 15 is 0 Å². The van der Waals surface area contributed by atoms with Crippen molar-refractivity contribution in [1.29, 1.82) is 0 Å². The predicted molar refractivity (Wildman–Crippen MR) is 111 cm³/mol. The number of hydrogen-bond acceptors (Lipinski definition) is 7. The Hall–Kier alpha value is -2.40. The van der Waals surface area contributed by atoms with Crippen LogP contribution >= 0.6 is 11.6 Å². The maximum atomic E-state index is 13.9. The van der Waals surface area contributed by atoms with E-state index in [-0.39, 0.29) is 6.04 Å². The van der Waals surface area contributed by atoms with E-state index in [1.807, 2.05) is 0 Å². The SMILES string of the molecule is CN1c2ccc(Cl)cc2C2(C(=O)NN)C(C(=O)NN)N(C3CCCCC3)C(=O)C12N. The average Bonchev–Trinajstić information content (AvgIpc) is 3.09. The van der Waals surface area contributed by atoms with Crippen LogP contribution in [0.2, 0.25) is 5.02 Å². The molecule has 1 aromatic rings. The third kappa shape index (κ3) is 2.33. The van der Waals surface area contributed by atoms with E-state index in [1.165, 1.54) is 9.80 Å². The van der Waals surface area contributed by atoms with Crippen molar-refractivity contribution in [2.75, 3.05) is 11.9 Å². The molecular weight excluding hydrogens is 410 g/mol. The molecule has 2 fully saturated rings. The van der Waals surface area contributed by atoms with Gasteiger partial charge in [0, 0.05) is 23.8 Å². The van der Waals surface area contributed by atoms with Crippen LogP contribution < -0.4 is 33.2 Å². The second-order valence-electron chi connectivity index (χ2n) is 8.18. The van der Waals surface area contributed by atoms with Crippen LogP contribution in [-0.2, 0) is 19.8 Å². The third-order valence-corrected chi connectivity index (χ3v) is 7.21. The van der Waals surface area contributed by atoms with Crippen molar-refractivity contribution in [2.24, 2.45) is 17.4 Å². The van der Waals surface area contributed by atoms with Gasteiger partial charge in [-0.3, -0.25) is 31.0 Å². The molecule has 1 saturated carbocycles. The van der Waals surface area contributed by atoms with Crippen molar-refractivity contribution < 1.29 is 14.4 Å². The minimum Gasteiger partial charge on any atom is -0.347 e. The number of fused-ring (bicyclic) bond motifs is 3. The number of rotatable bonds is 3. The molecule has 3 unspecified atom stereocenters. The monoisotopic (exact) mass is 435 g/mol. The molecule has 10 nitrogen and oxygen atoms in total. The second-order valence-corrected chi connectivity index (χ2v) is 8.62. The summed E-state index contributed by atoms with van der Waals surface area (Å²) in [7, 11) is 1.62. The Bertz CT molecular complexity index is 921. The Labute approximate surface area is 179 Å². The van der Waals surface area contributed by atoms with E-state index in [4.69, 9.17) is 29.0 Å². The molecule has 1 aromatic carbocycles. The maximum Gasteiger partial charge on any atom is 0.265 e. The summed E-state index contributed by atoms with van der Waals surface area (Å²) in [6.07, 6.45) is 4.30. The van der Waals surface area contributed by atoms with Gasteiger partial charge in [-0.1, -0.05) is 30.9 Å². The molecule has 3 aliphatic rings. The molecule has 1 saturated heterocycles. The number of carbonyl (C=O) groups is 3. The Morgan fingerprint density at radius 2 is 1.83 bits per heavy atom. The van der Waals surface area contributed by atoms with Gasteiger partial charge in [0.1, 0.15) is 6.04 Å². The van der Waals surface area contributed by atoms with Gasteiger partial charge >= 0.3 is 0 Å². The van der Waals surface area contributed by atoms with E-state index in [2.05, 4.69) is 10.9 Å². The molecule has 11 heteroatoms. The summed E-state index contributed by atoms with van der Waals surface area (Å²) in [5.41, 5.74) is 8.24. The number of nitrogens with one attached hydrogen (secondary N) is 2. The fourth-order valence-electron chi connectivity index (χ4n) is 5.64. The minimum atomic E-state index is -1.88. The predicted octanol–water partition coefficient (Wildman–Crippen LogP) is -0.794.